The van der Waals surface area contributed by atoms with Gasteiger partial charge in [0, 0.05) is 35.2 Å². The average Bonchev–Trinajstić information content (AvgIpc) is 3.09. The van der Waals surface area contributed by atoms with Crippen molar-refractivity contribution in [3.8, 4) is 0 Å². The van der Waals surface area contributed by atoms with Gasteiger partial charge in [-0.25, -0.2) is 4.98 Å². The number of aliphatic hydroxyl groups excluding tert-OH is 2. The Morgan fingerprint density at radius 2 is 1.83 bits per heavy atom. The molecule has 7 aliphatic rings. The summed E-state index contributed by atoms with van der Waals surface area (Å²) in [5, 5.41) is 36.5. The number of anilines is 1. The highest BCUT2D eigenvalue weighted by Gasteiger charge is 2.86. The Balaban J connectivity index is 1.46. The molecule has 0 amide bonds. The molecular formula is C27H36N2O5S. The van der Waals surface area contributed by atoms with Gasteiger partial charge in [-0.15, -0.1) is 11.3 Å². The molecule has 8 heteroatoms. The highest BCUT2D eigenvalue weighted by molar-refractivity contribution is 7.15. The zero-order chi connectivity index (χ0) is 24.5. The van der Waals surface area contributed by atoms with Crippen molar-refractivity contribution in [3.63, 3.8) is 0 Å². The summed E-state index contributed by atoms with van der Waals surface area (Å²) in [5.74, 6) is -3.55. The number of ketones is 1. The fourth-order valence-corrected chi connectivity index (χ4v) is 10.9. The van der Waals surface area contributed by atoms with Crippen molar-refractivity contribution in [1.82, 2.24) is 4.98 Å². The molecule has 35 heavy (non-hydrogen) atoms. The van der Waals surface area contributed by atoms with E-state index >= 15 is 0 Å². The molecule has 4 heterocycles. The van der Waals surface area contributed by atoms with Crippen LogP contribution in [0.15, 0.2) is 12.2 Å². The van der Waals surface area contributed by atoms with E-state index in [2.05, 4.69) is 25.3 Å². The number of aromatic nitrogens is 1. The van der Waals surface area contributed by atoms with E-state index in [9.17, 15) is 20.1 Å². The molecule has 3 saturated heterocycles. The van der Waals surface area contributed by atoms with E-state index in [1.165, 1.54) is 17.7 Å². The number of nitrogens with zero attached hydrogens (tertiary/aromatic N) is 2. The first kappa shape index (κ1) is 22.8. The molecule has 7 nitrogen and oxygen atoms in total. The maximum absolute atomic E-state index is 13.9. The second-order valence-corrected chi connectivity index (χ2v) is 13.7. The van der Waals surface area contributed by atoms with Crippen LogP contribution in [0.2, 0.25) is 0 Å². The van der Waals surface area contributed by atoms with E-state index in [0.717, 1.165) is 43.2 Å². The van der Waals surface area contributed by atoms with Gasteiger partial charge in [0.25, 0.3) is 0 Å². The van der Waals surface area contributed by atoms with Gasteiger partial charge in [0.2, 0.25) is 5.79 Å². The van der Waals surface area contributed by atoms with Crippen molar-refractivity contribution in [2.45, 2.75) is 82.2 Å². The number of hydrogen-bond donors (Lipinski definition) is 3. The van der Waals surface area contributed by atoms with Gasteiger partial charge in [0.1, 0.15) is 11.5 Å². The summed E-state index contributed by atoms with van der Waals surface area (Å²) < 4.78 is 6.18. The molecule has 8 atom stereocenters. The van der Waals surface area contributed by atoms with Gasteiger partial charge in [-0.2, -0.15) is 0 Å². The molecule has 1 aromatic heterocycles. The van der Waals surface area contributed by atoms with Crippen LogP contribution >= 0.6 is 11.3 Å². The lowest BCUT2D eigenvalue weighted by molar-refractivity contribution is -0.429. The van der Waals surface area contributed by atoms with Crippen molar-refractivity contribution < 1.29 is 24.9 Å². The van der Waals surface area contributed by atoms with Gasteiger partial charge in [0.05, 0.1) is 18.4 Å². The highest BCUT2D eigenvalue weighted by Crippen LogP contribution is 2.75. The minimum absolute atomic E-state index is 0.203. The Morgan fingerprint density at radius 3 is 2.54 bits per heavy atom. The number of carbonyl (C=O) groups is 1. The highest BCUT2D eigenvalue weighted by atomic mass is 32.1. The van der Waals surface area contributed by atoms with E-state index in [-0.39, 0.29) is 29.6 Å². The second-order valence-electron chi connectivity index (χ2n) is 12.7. The van der Waals surface area contributed by atoms with E-state index < -0.39 is 34.7 Å². The Kier molecular flexibility index (Phi) is 4.54. The summed E-state index contributed by atoms with van der Waals surface area (Å²) in [5.41, 5.74) is -1.38. The number of hydrogen-bond acceptors (Lipinski definition) is 8. The van der Waals surface area contributed by atoms with Gasteiger partial charge >= 0.3 is 0 Å². The molecule has 3 aliphatic heterocycles. The quantitative estimate of drug-likeness (QED) is 0.509. The molecule has 0 unspecified atom stereocenters. The zero-order valence-electron chi connectivity index (χ0n) is 20.6. The third kappa shape index (κ3) is 2.38. The monoisotopic (exact) mass is 500 g/mol. The number of aliphatic hydroxyl groups is 3. The SMILES string of the molecule is C=C1C(=O)[C@]23[C@H](O)[C@H]1CC[C@H]2[C@@]12CO[C@]3(O)[C@@H](O)[C@@H]1C(C)(C)Cc1sc(N3CCCCCC3)nc12. The number of fused-ring (bicyclic) bond motifs is 3. The third-order valence-corrected chi connectivity index (χ3v) is 11.9. The van der Waals surface area contributed by atoms with E-state index in [4.69, 9.17) is 9.72 Å². The summed E-state index contributed by atoms with van der Waals surface area (Å²) in [6.45, 7) is 10.5. The maximum atomic E-state index is 13.9. The molecule has 3 saturated carbocycles. The van der Waals surface area contributed by atoms with E-state index in [1.807, 2.05) is 0 Å². The van der Waals surface area contributed by atoms with Crippen molar-refractivity contribution in [2.24, 2.45) is 28.6 Å². The van der Waals surface area contributed by atoms with Crippen LogP contribution < -0.4 is 4.90 Å². The minimum atomic E-state index is -2.13. The average molecular weight is 501 g/mol. The summed E-state index contributed by atoms with van der Waals surface area (Å²) in [6, 6.07) is 0. The van der Waals surface area contributed by atoms with Crippen LogP contribution in [0.3, 0.4) is 0 Å². The topological polar surface area (TPSA) is 103 Å². The molecular weight excluding hydrogens is 464 g/mol. The van der Waals surface area contributed by atoms with Crippen molar-refractivity contribution >= 4 is 22.3 Å². The van der Waals surface area contributed by atoms with Crippen LogP contribution in [0.25, 0.3) is 0 Å². The van der Waals surface area contributed by atoms with Crippen molar-refractivity contribution in [3.05, 3.63) is 22.7 Å². The Morgan fingerprint density at radius 1 is 1.11 bits per heavy atom. The Labute approximate surface area is 210 Å². The summed E-state index contributed by atoms with van der Waals surface area (Å²) >= 11 is 1.75. The molecule has 0 aromatic carbocycles. The molecule has 3 N–H and O–H groups in total. The predicted octanol–water partition coefficient (Wildman–Crippen LogP) is 2.57. The standard InChI is InChI=1S/C27H36N2O5S/c1-14-15-8-9-17-25-13-34-27(33,26(17,20(14)30)21(15)31)22(32)18(25)24(2,3)12-16-19(25)28-23(35-16)29-10-6-4-5-7-11-29/h15,17-18,21-22,31-33H,1,4-13H2,2-3H3/t15-,17-,18+,21+,22-,25-,26-,27+/m0/s1. The summed E-state index contributed by atoms with van der Waals surface area (Å²) in [7, 11) is 0. The number of thiazole rings is 1. The molecule has 4 bridgehead atoms. The third-order valence-electron chi connectivity index (χ3n) is 10.8. The van der Waals surface area contributed by atoms with Crippen LogP contribution in [-0.2, 0) is 21.4 Å². The number of rotatable bonds is 1. The van der Waals surface area contributed by atoms with E-state index in [1.54, 1.807) is 11.3 Å². The fourth-order valence-electron chi connectivity index (χ4n) is 9.48. The molecule has 6 fully saturated rings. The molecule has 2 spiro atoms. The van der Waals surface area contributed by atoms with Crippen LogP contribution in [0.5, 0.6) is 0 Å². The van der Waals surface area contributed by atoms with Gasteiger partial charge in [0.15, 0.2) is 10.9 Å². The molecule has 190 valence electrons. The fraction of sp³-hybridized carbons (Fsp3) is 0.778. The predicted molar refractivity (Wildman–Crippen MR) is 131 cm³/mol. The number of ether oxygens (including phenoxy) is 1. The normalized spacial score (nSPS) is 47.8. The number of carbonyl (C=O) groups excluding carboxylic acids is 1. The van der Waals surface area contributed by atoms with Gasteiger partial charge < -0.3 is 25.0 Å². The van der Waals surface area contributed by atoms with Crippen molar-refractivity contribution in [2.75, 3.05) is 24.6 Å². The van der Waals surface area contributed by atoms with Gasteiger partial charge in [-0.1, -0.05) is 33.3 Å². The Bertz CT molecular complexity index is 1120. The first-order chi connectivity index (χ1) is 16.6. The smallest absolute Gasteiger partial charge is 0.208 e. The first-order valence-corrected chi connectivity index (χ1v) is 14.1. The van der Waals surface area contributed by atoms with Crippen LogP contribution in [0.4, 0.5) is 5.13 Å². The van der Waals surface area contributed by atoms with Crippen molar-refractivity contribution in [1.29, 1.82) is 0 Å². The molecule has 4 aliphatic carbocycles. The largest absolute Gasteiger partial charge is 0.391 e. The zero-order valence-corrected chi connectivity index (χ0v) is 21.4. The summed E-state index contributed by atoms with van der Waals surface area (Å²) in [4.78, 5) is 22.8. The first-order valence-electron chi connectivity index (χ1n) is 13.3. The molecule has 0 radical (unpaired) electrons. The van der Waals surface area contributed by atoms with Gasteiger partial charge in [-0.3, -0.25) is 4.79 Å². The van der Waals surface area contributed by atoms with Crippen LogP contribution in [-0.4, -0.2) is 63.8 Å². The van der Waals surface area contributed by atoms with Crippen LogP contribution in [0, 0.1) is 28.6 Å². The minimum Gasteiger partial charge on any atom is -0.391 e. The van der Waals surface area contributed by atoms with Crippen LogP contribution in [0.1, 0.15) is 62.9 Å². The van der Waals surface area contributed by atoms with E-state index in [0.29, 0.717) is 18.4 Å². The lowest BCUT2D eigenvalue weighted by Gasteiger charge is -2.73. The second kappa shape index (κ2) is 6.95. The van der Waals surface area contributed by atoms with Gasteiger partial charge in [-0.05, 0) is 49.0 Å². The lowest BCUT2D eigenvalue weighted by Crippen LogP contribution is -2.85. The summed E-state index contributed by atoms with van der Waals surface area (Å²) in [6.07, 6.45) is 4.48. The maximum Gasteiger partial charge on any atom is 0.208 e. The lowest BCUT2D eigenvalue weighted by atomic mass is 9.36. The molecule has 1 aromatic rings. The Hall–Kier alpha value is -1.32. The molecule has 8 rings (SSSR count). The number of Topliss-reactive ketones (excluding diaryl/α,β-unsaturated/α-hetero) is 1.